The van der Waals surface area contributed by atoms with Crippen LogP contribution >= 0.6 is 11.6 Å². The Bertz CT molecular complexity index is 486. The van der Waals surface area contributed by atoms with E-state index in [2.05, 4.69) is 13.2 Å². The van der Waals surface area contributed by atoms with Crippen molar-refractivity contribution < 1.29 is 9.90 Å². The van der Waals surface area contributed by atoms with Crippen LogP contribution in [0, 0.1) is 0 Å². The number of Topliss-reactive ketones (excluding diaryl/α,β-unsaturated/α-hetero) is 1. The number of halogens is 1. The van der Waals surface area contributed by atoms with E-state index in [0.717, 1.165) is 5.57 Å². The first-order valence-corrected chi connectivity index (χ1v) is 6.35. The number of rotatable bonds is 7. The highest BCUT2D eigenvalue weighted by atomic mass is 35.5. The summed E-state index contributed by atoms with van der Waals surface area (Å²) in [5.41, 5.74) is 1.41. The van der Waals surface area contributed by atoms with Gasteiger partial charge in [-0.25, -0.2) is 0 Å². The number of hydrogen-bond donors (Lipinski definition) is 1. The Kier molecular flexibility index (Phi) is 6.26. The third-order valence-electron chi connectivity index (χ3n) is 2.65. The van der Waals surface area contributed by atoms with Crippen molar-refractivity contribution in [1.29, 1.82) is 0 Å². The zero-order chi connectivity index (χ0) is 14.3. The fourth-order valence-electron chi connectivity index (χ4n) is 1.68. The smallest absolute Gasteiger partial charge is 0.165 e. The number of aliphatic hydroxyl groups excluding tert-OH is 1. The molecule has 1 aromatic carbocycles. The van der Waals surface area contributed by atoms with Gasteiger partial charge in [0.25, 0.3) is 0 Å². The summed E-state index contributed by atoms with van der Waals surface area (Å²) in [6.07, 6.45) is 4.77. The van der Waals surface area contributed by atoms with Crippen molar-refractivity contribution in [2.45, 2.75) is 18.9 Å². The molecule has 0 aliphatic heterocycles. The quantitative estimate of drug-likeness (QED) is 0.604. The van der Waals surface area contributed by atoms with E-state index in [-0.39, 0.29) is 12.2 Å². The second kappa shape index (κ2) is 7.72. The first-order chi connectivity index (χ1) is 9.06. The molecule has 0 saturated heterocycles. The van der Waals surface area contributed by atoms with E-state index >= 15 is 0 Å². The van der Waals surface area contributed by atoms with Gasteiger partial charge in [-0.3, -0.25) is 4.79 Å². The average Bonchev–Trinajstić information content (AvgIpc) is 2.38. The van der Waals surface area contributed by atoms with Gasteiger partial charge < -0.3 is 5.11 Å². The number of carbonyl (C=O) groups is 1. The first kappa shape index (κ1) is 15.4. The summed E-state index contributed by atoms with van der Waals surface area (Å²) < 4.78 is 0. The lowest BCUT2D eigenvalue weighted by Gasteiger charge is -2.10. The van der Waals surface area contributed by atoms with Crippen LogP contribution in [0.5, 0.6) is 0 Å². The summed E-state index contributed by atoms with van der Waals surface area (Å²) >= 11 is 5.76. The molecule has 3 heteroatoms. The van der Waals surface area contributed by atoms with Crippen LogP contribution in [-0.4, -0.2) is 17.0 Å². The van der Waals surface area contributed by atoms with Gasteiger partial charge in [0.1, 0.15) is 0 Å². The third-order valence-corrected chi connectivity index (χ3v) is 2.90. The molecule has 0 saturated carbocycles. The van der Waals surface area contributed by atoms with Crippen LogP contribution in [-0.2, 0) is 0 Å². The molecule has 1 atom stereocenters. The summed E-state index contributed by atoms with van der Waals surface area (Å²) in [5, 5.41) is 10.5. The predicted octanol–water partition coefficient (Wildman–Crippen LogP) is 3.96. The van der Waals surface area contributed by atoms with Gasteiger partial charge in [-0.1, -0.05) is 43.0 Å². The minimum atomic E-state index is -0.729. The van der Waals surface area contributed by atoms with E-state index < -0.39 is 6.10 Å². The second-order valence-corrected chi connectivity index (χ2v) is 4.61. The second-order valence-electron chi connectivity index (χ2n) is 4.17. The average molecular weight is 277 g/mol. The minimum absolute atomic E-state index is 0.0734. The molecular formula is C16H17ClO2. The van der Waals surface area contributed by atoms with Gasteiger partial charge in [-0.2, -0.15) is 0 Å². The predicted molar refractivity (Wildman–Crippen MR) is 79.5 cm³/mol. The SMILES string of the molecule is C=C/C=C(\C=C)CC(O)CC(=O)c1ccc(Cl)cc1. The topological polar surface area (TPSA) is 37.3 Å². The van der Waals surface area contributed by atoms with Crippen molar-refractivity contribution in [3.05, 3.63) is 71.8 Å². The number of ketones is 1. The highest BCUT2D eigenvalue weighted by molar-refractivity contribution is 6.30. The van der Waals surface area contributed by atoms with E-state index in [1.165, 1.54) is 0 Å². The van der Waals surface area contributed by atoms with Crippen LogP contribution in [0.15, 0.2) is 61.2 Å². The molecule has 1 aromatic rings. The summed E-state index contributed by atoms with van der Waals surface area (Å²) in [4.78, 5) is 11.9. The third kappa shape index (κ3) is 5.25. The molecule has 0 aromatic heterocycles. The van der Waals surface area contributed by atoms with Crippen LogP contribution in [0.4, 0.5) is 0 Å². The van der Waals surface area contributed by atoms with Gasteiger partial charge in [0.05, 0.1) is 6.10 Å². The molecule has 0 amide bonds. The zero-order valence-electron chi connectivity index (χ0n) is 10.7. The van der Waals surface area contributed by atoms with Crippen LogP contribution in [0.25, 0.3) is 0 Å². The maximum absolute atomic E-state index is 11.9. The lowest BCUT2D eigenvalue weighted by atomic mass is 10.00. The summed E-state index contributed by atoms with van der Waals surface area (Å²) in [7, 11) is 0. The number of allylic oxidation sites excluding steroid dienone is 3. The molecule has 0 aliphatic rings. The van der Waals surface area contributed by atoms with Crippen molar-refractivity contribution in [2.75, 3.05) is 0 Å². The van der Waals surface area contributed by atoms with Crippen molar-refractivity contribution in [2.24, 2.45) is 0 Å². The molecule has 0 bridgehead atoms. The molecule has 0 spiro atoms. The normalized spacial score (nSPS) is 12.8. The molecule has 2 nitrogen and oxygen atoms in total. The van der Waals surface area contributed by atoms with Crippen LogP contribution < -0.4 is 0 Å². The van der Waals surface area contributed by atoms with Gasteiger partial charge >= 0.3 is 0 Å². The zero-order valence-corrected chi connectivity index (χ0v) is 11.4. The van der Waals surface area contributed by atoms with Gasteiger partial charge in [0.15, 0.2) is 5.78 Å². The molecule has 0 aliphatic carbocycles. The van der Waals surface area contributed by atoms with E-state index in [9.17, 15) is 9.90 Å². The molecular weight excluding hydrogens is 260 g/mol. The van der Waals surface area contributed by atoms with Gasteiger partial charge in [0, 0.05) is 17.0 Å². The lowest BCUT2D eigenvalue weighted by Crippen LogP contribution is -2.14. The van der Waals surface area contributed by atoms with Crippen molar-refractivity contribution in [1.82, 2.24) is 0 Å². The lowest BCUT2D eigenvalue weighted by molar-refractivity contribution is 0.0882. The first-order valence-electron chi connectivity index (χ1n) is 5.97. The Morgan fingerprint density at radius 2 is 1.89 bits per heavy atom. The standard InChI is InChI=1S/C16H17ClO2/c1-3-5-12(4-2)10-15(18)11-16(19)13-6-8-14(17)9-7-13/h3-9,15,18H,1-2,10-11H2/b12-5+. The van der Waals surface area contributed by atoms with Crippen LogP contribution in [0.2, 0.25) is 5.02 Å². The van der Waals surface area contributed by atoms with Crippen LogP contribution in [0.1, 0.15) is 23.2 Å². The molecule has 0 fully saturated rings. The van der Waals surface area contributed by atoms with Gasteiger partial charge in [0.2, 0.25) is 0 Å². The maximum Gasteiger partial charge on any atom is 0.165 e. The van der Waals surface area contributed by atoms with Gasteiger partial charge in [-0.05, 0) is 36.3 Å². The Morgan fingerprint density at radius 1 is 1.26 bits per heavy atom. The van der Waals surface area contributed by atoms with Crippen LogP contribution in [0.3, 0.4) is 0 Å². The van der Waals surface area contributed by atoms with E-state index in [0.29, 0.717) is 17.0 Å². The van der Waals surface area contributed by atoms with E-state index in [4.69, 9.17) is 11.6 Å². The van der Waals surface area contributed by atoms with Crippen molar-refractivity contribution in [3.63, 3.8) is 0 Å². The number of carbonyl (C=O) groups excluding carboxylic acids is 1. The Hall–Kier alpha value is -1.64. The van der Waals surface area contributed by atoms with E-state index in [1.807, 2.05) is 0 Å². The van der Waals surface area contributed by atoms with Crippen molar-refractivity contribution in [3.8, 4) is 0 Å². The number of aliphatic hydroxyl groups is 1. The highest BCUT2D eigenvalue weighted by Gasteiger charge is 2.13. The molecule has 1 N–H and O–H groups in total. The fraction of sp³-hybridized carbons (Fsp3) is 0.188. The molecule has 100 valence electrons. The fourth-order valence-corrected chi connectivity index (χ4v) is 1.81. The Morgan fingerprint density at radius 3 is 2.42 bits per heavy atom. The minimum Gasteiger partial charge on any atom is -0.392 e. The summed E-state index contributed by atoms with van der Waals surface area (Å²) in [6, 6.07) is 6.64. The van der Waals surface area contributed by atoms with Crippen molar-refractivity contribution >= 4 is 17.4 Å². The summed E-state index contributed by atoms with van der Waals surface area (Å²) in [6.45, 7) is 7.24. The summed E-state index contributed by atoms with van der Waals surface area (Å²) in [5.74, 6) is -0.105. The Labute approximate surface area is 118 Å². The van der Waals surface area contributed by atoms with Gasteiger partial charge in [-0.15, -0.1) is 0 Å². The molecule has 0 heterocycles. The maximum atomic E-state index is 11.9. The molecule has 1 unspecified atom stereocenters. The van der Waals surface area contributed by atoms with E-state index in [1.54, 1.807) is 42.5 Å². The molecule has 0 radical (unpaired) electrons. The molecule has 19 heavy (non-hydrogen) atoms. The monoisotopic (exact) mass is 276 g/mol. The molecule has 1 rings (SSSR count). The number of benzene rings is 1. The highest BCUT2D eigenvalue weighted by Crippen LogP contribution is 2.15. The number of hydrogen-bond acceptors (Lipinski definition) is 2. The largest absolute Gasteiger partial charge is 0.392 e. The Balaban J connectivity index is 2.61.